The summed E-state index contributed by atoms with van der Waals surface area (Å²) in [5.74, 6) is -0.807. The molecule has 1 aromatic rings. The molecule has 1 N–H and O–H groups in total. The Kier molecular flexibility index (Phi) is 5.46. The summed E-state index contributed by atoms with van der Waals surface area (Å²) < 4.78 is 12.8. The number of nitrogens with zero attached hydrogens (tertiary/aromatic N) is 2. The number of benzene rings is 1. The van der Waals surface area contributed by atoms with Crippen molar-refractivity contribution in [3.63, 3.8) is 0 Å². The van der Waals surface area contributed by atoms with E-state index in [0.29, 0.717) is 31.7 Å². The highest BCUT2D eigenvalue weighted by molar-refractivity contribution is 5.85. The summed E-state index contributed by atoms with van der Waals surface area (Å²) in [5, 5.41) is 2.56. The second-order valence-corrected chi connectivity index (χ2v) is 5.10. The van der Waals surface area contributed by atoms with E-state index >= 15 is 0 Å². The van der Waals surface area contributed by atoms with E-state index in [2.05, 4.69) is 5.32 Å². The SMILES string of the molecule is O=CN1CCN(C(=O)CNC(=O)Cc2ccc(F)cc2)CC1. The zero-order chi connectivity index (χ0) is 15.9. The Morgan fingerprint density at radius 2 is 1.77 bits per heavy atom. The zero-order valence-corrected chi connectivity index (χ0v) is 12.1. The largest absolute Gasteiger partial charge is 0.347 e. The molecule has 3 amide bonds. The molecule has 1 aromatic carbocycles. The molecule has 118 valence electrons. The fraction of sp³-hybridized carbons (Fsp3) is 0.400. The van der Waals surface area contributed by atoms with Crippen LogP contribution < -0.4 is 5.32 Å². The van der Waals surface area contributed by atoms with E-state index in [1.165, 1.54) is 24.3 Å². The summed E-state index contributed by atoms with van der Waals surface area (Å²) >= 11 is 0. The molecule has 0 atom stereocenters. The van der Waals surface area contributed by atoms with Gasteiger partial charge in [-0.2, -0.15) is 0 Å². The third-order valence-corrected chi connectivity index (χ3v) is 3.53. The number of carbonyl (C=O) groups excluding carboxylic acids is 3. The van der Waals surface area contributed by atoms with E-state index in [-0.39, 0.29) is 30.6 Å². The van der Waals surface area contributed by atoms with Crippen molar-refractivity contribution in [3.05, 3.63) is 35.6 Å². The first-order valence-electron chi connectivity index (χ1n) is 7.07. The van der Waals surface area contributed by atoms with Crippen LogP contribution in [0.1, 0.15) is 5.56 Å². The van der Waals surface area contributed by atoms with E-state index < -0.39 is 0 Å². The first kappa shape index (κ1) is 15.9. The summed E-state index contributed by atoms with van der Waals surface area (Å²) in [6.45, 7) is 1.91. The van der Waals surface area contributed by atoms with E-state index in [0.717, 1.165) is 6.41 Å². The second kappa shape index (κ2) is 7.53. The van der Waals surface area contributed by atoms with Gasteiger partial charge in [-0.15, -0.1) is 0 Å². The lowest BCUT2D eigenvalue weighted by Gasteiger charge is -2.32. The van der Waals surface area contributed by atoms with E-state index in [9.17, 15) is 18.8 Å². The van der Waals surface area contributed by atoms with Gasteiger partial charge < -0.3 is 15.1 Å². The molecule has 22 heavy (non-hydrogen) atoms. The normalized spacial score (nSPS) is 14.6. The monoisotopic (exact) mass is 307 g/mol. The molecule has 7 heteroatoms. The zero-order valence-electron chi connectivity index (χ0n) is 12.1. The van der Waals surface area contributed by atoms with Gasteiger partial charge in [-0.1, -0.05) is 12.1 Å². The van der Waals surface area contributed by atoms with Gasteiger partial charge in [-0.25, -0.2) is 4.39 Å². The Morgan fingerprint density at radius 1 is 1.14 bits per heavy atom. The fourth-order valence-electron chi connectivity index (χ4n) is 2.21. The van der Waals surface area contributed by atoms with Crippen LogP contribution in [0.25, 0.3) is 0 Å². The van der Waals surface area contributed by atoms with Gasteiger partial charge in [0.05, 0.1) is 13.0 Å². The van der Waals surface area contributed by atoms with Gasteiger partial charge >= 0.3 is 0 Å². The van der Waals surface area contributed by atoms with Crippen LogP contribution in [0.2, 0.25) is 0 Å². The molecular formula is C15H18FN3O3. The molecule has 0 spiro atoms. The highest BCUT2D eigenvalue weighted by atomic mass is 19.1. The Balaban J connectivity index is 1.73. The number of piperazine rings is 1. The van der Waals surface area contributed by atoms with Gasteiger partial charge in [0.25, 0.3) is 0 Å². The molecule has 0 aromatic heterocycles. The average Bonchev–Trinajstić information content (AvgIpc) is 2.55. The maximum Gasteiger partial charge on any atom is 0.242 e. The van der Waals surface area contributed by atoms with Crippen LogP contribution in [0.15, 0.2) is 24.3 Å². The van der Waals surface area contributed by atoms with Gasteiger partial charge in [0, 0.05) is 26.2 Å². The van der Waals surface area contributed by atoms with Crippen LogP contribution in [0.5, 0.6) is 0 Å². The smallest absolute Gasteiger partial charge is 0.242 e. The topological polar surface area (TPSA) is 69.7 Å². The van der Waals surface area contributed by atoms with Crippen molar-refractivity contribution in [1.82, 2.24) is 15.1 Å². The van der Waals surface area contributed by atoms with Gasteiger partial charge in [-0.3, -0.25) is 14.4 Å². The quantitative estimate of drug-likeness (QED) is 0.765. The molecule has 1 saturated heterocycles. The molecule has 1 heterocycles. The van der Waals surface area contributed by atoms with Crippen molar-refractivity contribution in [3.8, 4) is 0 Å². The maximum absolute atomic E-state index is 12.8. The highest BCUT2D eigenvalue weighted by Gasteiger charge is 2.20. The predicted octanol–water partition coefficient (Wildman–Crippen LogP) is -0.215. The van der Waals surface area contributed by atoms with Crippen LogP contribution in [-0.2, 0) is 20.8 Å². The minimum Gasteiger partial charge on any atom is -0.347 e. The molecule has 1 aliphatic rings. The summed E-state index contributed by atoms with van der Waals surface area (Å²) in [6.07, 6.45) is 0.874. The van der Waals surface area contributed by atoms with Gasteiger partial charge in [0.1, 0.15) is 5.82 Å². The molecule has 1 fully saturated rings. The number of nitrogens with one attached hydrogen (secondary N) is 1. The van der Waals surface area contributed by atoms with Gasteiger partial charge in [0.15, 0.2) is 0 Å². The van der Waals surface area contributed by atoms with Crippen LogP contribution in [0.3, 0.4) is 0 Å². The third-order valence-electron chi connectivity index (χ3n) is 3.53. The fourth-order valence-corrected chi connectivity index (χ4v) is 2.21. The Labute approximate surface area is 127 Å². The van der Waals surface area contributed by atoms with Crippen LogP contribution in [0.4, 0.5) is 4.39 Å². The molecule has 0 aliphatic carbocycles. The lowest BCUT2D eigenvalue weighted by atomic mass is 10.1. The molecule has 0 bridgehead atoms. The lowest BCUT2D eigenvalue weighted by molar-refractivity contribution is -0.135. The highest BCUT2D eigenvalue weighted by Crippen LogP contribution is 2.03. The molecule has 6 nitrogen and oxygen atoms in total. The molecular weight excluding hydrogens is 289 g/mol. The number of carbonyl (C=O) groups is 3. The molecule has 1 aliphatic heterocycles. The average molecular weight is 307 g/mol. The summed E-state index contributed by atoms with van der Waals surface area (Å²) in [6, 6.07) is 5.66. The van der Waals surface area contributed by atoms with Crippen molar-refractivity contribution in [2.24, 2.45) is 0 Å². The number of hydrogen-bond acceptors (Lipinski definition) is 3. The summed E-state index contributed by atoms with van der Waals surface area (Å²) in [4.78, 5) is 37.5. The van der Waals surface area contributed by atoms with Crippen molar-refractivity contribution < 1.29 is 18.8 Å². The molecule has 0 unspecified atom stereocenters. The first-order chi connectivity index (χ1) is 10.6. The standard InChI is InChI=1S/C15H18FN3O3/c16-13-3-1-12(2-4-13)9-14(21)17-10-15(22)19-7-5-18(11-20)6-8-19/h1-4,11H,5-10H2,(H,17,21). The van der Waals surface area contributed by atoms with Gasteiger partial charge in [0.2, 0.25) is 18.2 Å². The lowest BCUT2D eigenvalue weighted by Crippen LogP contribution is -2.50. The molecule has 0 saturated carbocycles. The van der Waals surface area contributed by atoms with Gasteiger partial charge in [-0.05, 0) is 17.7 Å². The Bertz CT molecular complexity index is 539. The van der Waals surface area contributed by atoms with Crippen LogP contribution >= 0.6 is 0 Å². The minimum absolute atomic E-state index is 0.0683. The second-order valence-electron chi connectivity index (χ2n) is 5.10. The van der Waals surface area contributed by atoms with Crippen LogP contribution in [-0.4, -0.2) is 60.7 Å². The van der Waals surface area contributed by atoms with Crippen molar-refractivity contribution >= 4 is 18.2 Å². The predicted molar refractivity (Wildman–Crippen MR) is 77.3 cm³/mol. The molecule has 0 radical (unpaired) electrons. The van der Waals surface area contributed by atoms with Crippen LogP contribution in [0, 0.1) is 5.82 Å². The van der Waals surface area contributed by atoms with E-state index in [1.54, 1.807) is 9.80 Å². The number of rotatable bonds is 5. The molecule has 2 rings (SSSR count). The van der Waals surface area contributed by atoms with Crippen molar-refractivity contribution in [2.45, 2.75) is 6.42 Å². The van der Waals surface area contributed by atoms with Crippen molar-refractivity contribution in [1.29, 1.82) is 0 Å². The maximum atomic E-state index is 12.8. The number of hydrogen-bond donors (Lipinski definition) is 1. The third kappa shape index (κ3) is 4.54. The van der Waals surface area contributed by atoms with E-state index in [4.69, 9.17) is 0 Å². The van der Waals surface area contributed by atoms with E-state index in [1.807, 2.05) is 0 Å². The summed E-state index contributed by atoms with van der Waals surface area (Å²) in [7, 11) is 0. The Hall–Kier alpha value is -2.44. The Morgan fingerprint density at radius 3 is 2.36 bits per heavy atom. The summed E-state index contributed by atoms with van der Waals surface area (Å²) in [5.41, 5.74) is 0.686. The van der Waals surface area contributed by atoms with Crippen molar-refractivity contribution in [2.75, 3.05) is 32.7 Å². The number of halogens is 1. The number of amides is 3. The minimum atomic E-state index is -0.353. The first-order valence-corrected chi connectivity index (χ1v) is 7.07.